The van der Waals surface area contributed by atoms with Gasteiger partial charge < -0.3 is 15.5 Å². The van der Waals surface area contributed by atoms with Gasteiger partial charge in [0, 0.05) is 26.2 Å². The summed E-state index contributed by atoms with van der Waals surface area (Å²) in [5.41, 5.74) is 0. The predicted molar refractivity (Wildman–Crippen MR) is 99.4 cm³/mol. The van der Waals surface area contributed by atoms with Crippen LogP contribution in [0.3, 0.4) is 0 Å². The van der Waals surface area contributed by atoms with Crippen LogP contribution in [0, 0.1) is 0 Å². The molecule has 0 bridgehead atoms. The van der Waals surface area contributed by atoms with E-state index in [9.17, 15) is 8.42 Å². The van der Waals surface area contributed by atoms with Crippen molar-refractivity contribution in [2.24, 2.45) is 4.99 Å². The summed E-state index contributed by atoms with van der Waals surface area (Å²) in [6.07, 6.45) is 1.82. The lowest BCUT2D eigenvalue weighted by atomic mass is 10.3. The Morgan fingerprint density at radius 1 is 1.33 bits per heavy atom. The first-order chi connectivity index (χ1) is 9.50. The standard InChI is InChI=1S/C13H28N4O2S.HI/c1-4-8-17(5-2)9-7-15-13(14-3)16-12-6-10-20(18,19)11-12;/h12H,4-11H2,1-3H3,(H2,14,15,16);1H. The fourth-order valence-electron chi connectivity index (χ4n) is 2.37. The van der Waals surface area contributed by atoms with Gasteiger partial charge in [-0.15, -0.1) is 24.0 Å². The zero-order valence-corrected chi connectivity index (χ0v) is 16.4. The Labute approximate surface area is 146 Å². The summed E-state index contributed by atoms with van der Waals surface area (Å²) in [6, 6.07) is -0.0101. The number of hydrogen-bond acceptors (Lipinski definition) is 4. The van der Waals surface area contributed by atoms with Crippen LogP contribution >= 0.6 is 24.0 Å². The van der Waals surface area contributed by atoms with Gasteiger partial charge in [0.1, 0.15) is 0 Å². The minimum atomic E-state index is -2.85. The van der Waals surface area contributed by atoms with Crippen LogP contribution in [0.4, 0.5) is 0 Å². The molecule has 2 N–H and O–H groups in total. The molecule has 0 saturated carbocycles. The Hall–Kier alpha value is -0.0900. The maximum absolute atomic E-state index is 11.4. The molecule has 1 rings (SSSR count). The molecule has 1 aliphatic heterocycles. The molecule has 0 aromatic heterocycles. The maximum Gasteiger partial charge on any atom is 0.191 e. The van der Waals surface area contributed by atoms with Crippen molar-refractivity contribution in [2.45, 2.75) is 32.7 Å². The van der Waals surface area contributed by atoms with Gasteiger partial charge in [0.25, 0.3) is 0 Å². The van der Waals surface area contributed by atoms with Crippen molar-refractivity contribution in [1.82, 2.24) is 15.5 Å². The lowest BCUT2D eigenvalue weighted by Crippen LogP contribution is -2.46. The van der Waals surface area contributed by atoms with E-state index in [4.69, 9.17) is 0 Å². The van der Waals surface area contributed by atoms with Gasteiger partial charge >= 0.3 is 0 Å². The van der Waals surface area contributed by atoms with Crippen molar-refractivity contribution in [3.63, 3.8) is 0 Å². The van der Waals surface area contributed by atoms with Crippen molar-refractivity contribution in [3.8, 4) is 0 Å². The molecule has 0 radical (unpaired) electrons. The van der Waals surface area contributed by atoms with E-state index < -0.39 is 9.84 Å². The minimum absolute atomic E-state index is 0. The highest BCUT2D eigenvalue weighted by atomic mass is 127. The Bertz CT molecular complexity index is 414. The molecule has 0 aromatic rings. The average molecular weight is 432 g/mol. The molecule has 0 spiro atoms. The number of sulfone groups is 1. The van der Waals surface area contributed by atoms with E-state index in [-0.39, 0.29) is 41.5 Å². The van der Waals surface area contributed by atoms with E-state index in [1.165, 1.54) is 0 Å². The van der Waals surface area contributed by atoms with Crippen molar-refractivity contribution in [3.05, 3.63) is 0 Å². The molecule has 0 amide bonds. The zero-order valence-electron chi connectivity index (χ0n) is 13.3. The molecular weight excluding hydrogens is 403 g/mol. The number of likely N-dealkylation sites (N-methyl/N-ethyl adjacent to an activating group) is 1. The van der Waals surface area contributed by atoms with Gasteiger partial charge in [0.15, 0.2) is 15.8 Å². The first kappa shape index (κ1) is 20.9. The van der Waals surface area contributed by atoms with Crippen LogP contribution < -0.4 is 10.6 Å². The summed E-state index contributed by atoms with van der Waals surface area (Å²) < 4.78 is 22.8. The Morgan fingerprint density at radius 3 is 2.52 bits per heavy atom. The van der Waals surface area contributed by atoms with E-state index >= 15 is 0 Å². The largest absolute Gasteiger partial charge is 0.355 e. The van der Waals surface area contributed by atoms with E-state index in [0.29, 0.717) is 12.4 Å². The first-order valence-electron chi connectivity index (χ1n) is 7.40. The van der Waals surface area contributed by atoms with Crippen LogP contribution in [0.1, 0.15) is 26.7 Å². The first-order valence-corrected chi connectivity index (χ1v) is 9.22. The second kappa shape index (κ2) is 10.6. The van der Waals surface area contributed by atoms with Gasteiger partial charge in [0.05, 0.1) is 11.5 Å². The van der Waals surface area contributed by atoms with Gasteiger partial charge in [-0.3, -0.25) is 4.99 Å². The lowest BCUT2D eigenvalue weighted by Gasteiger charge is -2.21. The van der Waals surface area contributed by atoms with E-state index in [2.05, 4.69) is 34.4 Å². The van der Waals surface area contributed by atoms with Gasteiger partial charge in [-0.2, -0.15) is 0 Å². The van der Waals surface area contributed by atoms with Gasteiger partial charge in [0.2, 0.25) is 0 Å². The molecule has 1 atom stereocenters. The van der Waals surface area contributed by atoms with E-state index in [1.54, 1.807) is 7.05 Å². The van der Waals surface area contributed by atoms with E-state index in [1.807, 2.05) is 0 Å². The van der Waals surface area contributed by atoms with Crippen LogP contribution in [-0.2, 0) is 9.84 Å². The molecule has 8 heteroatoms. The van der Waals surface area contributed by atoms with Crippen LogP contribution in [0.15, 0.2) is 4.99 Å². The molecule has 1 saturated heterocycles. The maximum atomic E-state index is 11.4. The summed E-state index contributed by atoms with van der Waals surface area (Å²) in [5.74, 6) is 1.19. The molecule has 0 aromatic carbocycles. The Balaban J connectivity index is 0.00000400. The topological polar surface area (TPSA) is 73.8 Å². The molecular formula is C13H29IN4O2S. The van der Waals surface area contributed by atoms with Gasteiger partial charge in [-0.25, -0.2) is 8.42 Å². The minimum Gasteiger partial charge on any atom is -0.355 e. The van der Waals surface area contributed by atoms with E-state index in [0.717, 1.165) is 32.6 Å². The van der Waals surface area contributed by atoms with Crippen molar-refractivity contribution < 1.29 is 8.42 Å². The second-order valence-corrected chi connectivity index (χ2v) is 7.41. The molecule has 1 unspecified atom stereocenters. The number of nitrogens with zero attached hydrogens (tertiary/aromatic N) is 2. The summed E-state index contributed by atoms with van der Waals surface area (Å²) in [6.45, 7) is 8.26. The fraction of sp³-hybridized carbons (Fsp3) is 0.923. The Morgan fingerprint density at radius 2 is 2.05 bits per heavy atom. The highest BCUT2D eigenvalue weighted by Crippen LogP contribution is 2.10. The van der Waals surface area contributed by atoms with Crippen LogP contribution in [0.2, 0.25) is 0 Å². The summed E-state index contributed by atoms with van der Waals surface area (Å²) in [7, 11) is -1.14. The molecule has 0 aliphatic carbocycles. The number of halogens is 1. The van der Waals surface area contributed by atoms with Crippen LogP contribution in [0.5, 0.6) is 0 Å². The highest BCUT2D eigenvalue weighted by molar-refractivity contribution is 14.0. The monoisotopic (exact) mass is 432 g/mol. The average Bonchev–Trinajstić information content (AvgIpc) is 2.75. The summed E-state index contributed by atoms with van der Waals surface area (Å²) in [5, 5.41) is 6.44. The van der Waals surface area contributed by atoms with Crippen molar-refractivity contribution >= 4 is 39.8 Å². The van der Waals surface area contributed by atoms with Crippen molar-refractivity contribution in [2.75, 3.05) is 44.7 Å². The molecule has 126 valence electrons. The number of guanidine groups is 1. The Kier molecular flexibility index (Phi) is 10.6. The number of hydrogen-bond donors (Lipinski definition) is 2. The third kappa shape index (κ3) is 8.20. The van der Waals surface area contributed by atoms with Crippen molar-refractivity contribution in [1.29, 1.82) is 0 Å². The molecule has 1 fully saturated rings. The second-order valence-electron chi connectivity index (χ2n) is 5.18. The third-order valence-corrected chi connectivity index (χ3v) is 5.27. The highest BCUT2D eigenvalue weighted by Gasteiger charge is 2.28. The molecule has 1 aliphatic rings. The third-order valence-electron chi connectivity index (χ3n) is 3.50. The molecule has 1 heterocycles. The van der Waals surface area contributed by atoms with Crippen LogP contribution in [0.25, 0.3) is 0 Å². The van der Waals surface area contributed by atoms with Gasteiger partial charge in [-0.1, -0.05) is 13.8 Å². The molecule has 6 nitrogen and oxygen atoms in total. The van der Waals surface area contributed by atoms with Gasteiger partial charge in [-0.05, 0) is 25.9 Å². The predicted octanol–water partition coefficient (Wildman–Crippen LogP) is 0.688. The smallest absolute Gasteiger partial charge is 0.191 e. The SMILES string of the molecule is CCCN(CC)CCNC(=NC)NC1CCS(=O)(=O)C1.I. The van der Waals surface area contributed by atoms with Crippen LogP contribution in [-0.4, -0.2) is 70.1 Å². The summed E-state index contributed by atoms with van der Waals surface area (Å²) >= 11 is 0. The number of aliphatic imine (C=N–C) groups is 1. The molecule has 21 heavy (non-hydrogen) atoms. The quantitative estimate of drug-likeness (QED) is 0.352. The normalized spacial score (nSPS) is 21.1. The zero-order chi connectivity index (χ0) is 15.0. The fourth-order valence-corrected chi connectivity index (χ4v) is 4.05. The summed E-state index contributed by atoms with van der Waals surface area (Å²) in [4.78, 5) is 6.52. The number of rotatable bonds is 7. The number of nitrogens with one attached hydrogen (secondary N) is 2. The lowest BCUT2D eigenvalue weighted by molar-refractivity contribution is 0.293.